The number of hydrogen-bond acceptors (Lipinski definition) is 2. The minimum absolute atomic E-state index is 0.105. The summed E-state index contributed by atoms with van der Waals surface area (Å²) < 4.78 is 2.04. The van der Waals surface area contributed by atoms with Crippen LogP contribution in [0.2, 0.25) is 0 Å². The van der Waals surface area contributed by atoms with Crippen LogP contribution < -0.4 is 5.73 Å². The number of carboxylic acid groups (broad SMARTS) is 1. The van der Waals surface area contributed by atoms with E-state index >= 15 is 0 Å². The Morgan fingerprint density at radius 3 is 2.94 bits per heavy atom. The van der Waals surface area contributed by atoms with Crippen molar-refractivity contribution in [2.45, 2.75) is 18.9 Å². The second-order valence-electron chi connectivity index (χ2n) is 4.28. The lowest BCUT2D eigenvalue weighted by molar-refractivity contribution is -0.137. The summed E-state index contributed by atoms with van der Waals surface area (Å²) in [7, 11) is 1.99. The van der Waals surface area contributed by atoms with Crippen molar-refractivity contribution in [1.29, 1.82) is 0 Å². The van der Waals surface area contributed by atoms with Gasteiger partial charge in [0.1, 0.15) is 0 Å². The zero-order chi connectivity index (χ0) is 12.4. The van der Waals surface area contributed by atoms with Gasteiger partial charge in [0.25, 0.3) is 0 Å². The second-order valence-corrected chi connectivity index (χ2v) is 4.28. The van der Waals surface area contributed by atoms with Crippen LogP contribution in [0.15, 0.2) is 30.5 Å². The molecule has 0 amide bonds. The zero-order valence-electron chi connectivity index (χ0n) is 9.76. The third-order valence-corrected chi connectivity index (χ3v) is 3.01. The van der Waals surface area contributed by atoms with Gasteiger partial charge < -0.3 is 15.4 Å². The van der Waals surface area contributed by atoms with Gasteiger partial charge in [0.05, 0.1) is 0 Å². The van der Waals surface area contributed by atoms with Crippen LogP contribution in [0, 0.1) is 0 Å². The molecule has 2 aromatic rings. The molecule has 1 heterocycles. The summed E-state index contributed by atoms with van der Waals surface area (Å²) >= 11 is 0. The molecule has 0 aliphatic carbocycles. The number of carbonyl (C=O) groups is 1. The van der Waals surface area contributed by atoms with E-state index < -0.39 is 5.97 Å². The molecule has 1 aromatic carbocycles. The van der Waals surface area contributed by atoms with Gasteiger partial charge in [0, 0.05) is 31.2 Å². The SMILES string of the molecule is Cn1ccc2cc(C(N)CCC(=O)O)ccc21. The maximum absolute atomic E-state index is 10.5. The van der Waals surface area contributed by atoms with E-state index in [9.17, 15) is 4.79 Å². The maximum Gasteiger partial charge on any atom is 0.303 e. The molecule has 0 spiro atoms. The van der Waals surface area contributed by atoms with Crippen LogP contribution in [0.1, 0.15) is 24.4 Å². The molecule has 0 aliphatic rings. The predicted molar refractivity (Wildman–Crippen MR) is 66.7 cm³/mol. The summed E-state index contributed by atoms with van der Waals surface area (Å²) in [6.07, 6.45) is 2.57. The molecule has 1 atom stereocenters. The lowest BCUT2D eigenvalue weighted by Crippen LogP contribution is -2.12. The van der Waals surface area contributed by atoms with Gasteiger partial charge in [-0.3, -0.25) is 4.79 Å². The van der Waals surface area contributed by atoms with Gasteiger partial charge in [-0.05, 0) is 35.6 Å². The molecule has 0 saturated carbocycles. The third-order valence-electron chi connectivity index (χ3n) is 3.01. The molecule has 0 fully saturated rings. The first-order valence-electron chi connectivity index (χ1n) is 5.60. The number of fused-ring (bicyclic) bond motifs is 1. The number of carboxylic acids is 1. The Bertz CT molecular complexity index is 545. The Labute approximate surface area is 99.7 Å². The fraction of sp³-hybridized carbons (Fsp3) is 0.308. The maximum atomic E-state index is 10.5. The topological polar surface area (TPSA) is 68.2 Å². The lowest BCUT2D eigenvalue weighted by Gasteiger charge is -2.11. The van der Waals surface area contributed by atoms with E-state index in [1.807, 2.05) is 42.1 Å². The Morgan fingerprint density at radius 1 is 1.47 bits per heavy atom. The molecule has 4 heteroatoms. The molecule has 17 heavy (non-hydrogen) atoms. The molecule has 90 valence electrons. The molecule has 0 bridgehead atoms. The highest BCUT2D eigenvalue weighted by atomic mass is 16.4. The van der Waals surface area contributed by atoms with Gasteiger partial charge in [-0.2, -0.15) is 0 Å². The number of aryl methyl sites for hydroxylation is 1. The highest BCUT2D eigenvalue weighted by molar-refractivity contribution is 5.80. The molecular weight excluding hydrogens is 216 g/mol. The fourth-order valence-corrected chi connectivity index (χ4v) is 1.98. The predicted octanol–water partition coefficient (Wildman–Crippen LogP) is 2.04. The molecule has 4 nitrogen and oxygen atoms in total. The normalized spacial score (nSPS) is 12.8. The van der Waals surface area contributed by atoms with Crippen molar-refractivity contribution in [3.63, 3.8) is 0 Å². The van der Waals surface area contributed by atoms with E-state index in [4.69, 9.17) is 10.8 Å². The van der Waals surface area contributed by atoms with Crippen LogP contribution >= 0.6 is 0 Å². The molecule has 2 rings (SSSR count). The summed E-state index contributed by atoms with van der Waals surface area (Å²) in [6.45, 7) is 0. The average Bonchev–Trinajstić information content (AvgIpc) is 2.67. The van der Waals surface area contributed by atoms with Gasteiger partial charge in [0.15, 0.2) is 0 Å². The Balaban J connectivity index is 2.21. The van der Waals surface area contributed by atoms with Crippen molar-refractivity contribution < 1.29 is 9.90 Å². The summed E-state index contributed by atoms with van der Waals surface area (Å²) in [5.41, 5.74) is 8.11. The standard InChI is InChI=1S/C13H16N2O2/c1-15-7-6-10-8-9(2-4-12(10)15)11(14)3-5-13(16)17/h2,4,6-8,11H,3,5,14H2,1H3,(H,16,17). The van der Waals surface area contributed by atoms with Crippen molar-refractivity contribution in [2.24, 2.45) is 12.8 Å². The molecule has 3 N–H and O–H groups in total. The van der Waals surface area contributed by atoms with E-state index in [0.29, 0.717) is 6.42 Å². The van der Waals surface area contributed by atoms with Crippen molar-refractivity contribution in [2.75, 3.05) is 0 Å². The Kier molecular flexibility index (Phi) is 3.15. The fourth-order valence-electron chi connectivity index (χ4n) is 1.98. The van der Waals surface area contributed by atoms with E-state index in [0.717, 1.165) is 16.5 Å². The monoisotopic (exact) mass is 232 g/mol. The van der Waals surface area contributed by atoms with Crippen LogP contribution in [-0.2, 0) is 11.8 Å². The van der Waals surface area contributed by atoms with Gasteiger partial charge in [0.2, 0.25) is 0 Å². The molecule has 0 aliphatic heterocycles. The first-order valence-corrected chi connectivity index (χ1v) is 5.60. The first-order chi connectivity index (χ1) is 8.08. The zero-order valence-corrected chi connectivity index (χ0v) is 9.76. The summed E-state index contributed by atoms with van der Waals surface area (Å²) in [5.74, 6) is -0.804. The number of nitrogens with zero attached hydrogens (tertiary/aromatic N) is 1. The van der Waals surface area contributed by atoms with E-state index in [1.165, 1.54) is 0 Å². The number of nitrogens with two attached hydrogens (primary N) is 1. The minimum atomic E-state index is -0.804. The quantitative estimate of drug-likeness (QED) is 0.847. The van der Waals surface area contributed by atoms with Crippen LogP contribution in [0.5, 0.6) is 0 Å². The van der Waals surface area contributed by atoms with Crippen molar-refractivity contribution in [1.82, 2.24) is 4.57 Å². The van der Waals surface area contributed by atoms with Gasteiger partial charge in [-0.1, -0.05) is 6.07 Å². The average molecular weight is 232 g/mol. The smallest absolute Gasteiger partial charge is 0.303 e. The van der Waals surface area contributed by atoms with E-state index in [2.05, 4.69) is 0 Å². The lowest BCUT2D eigenvalue weighted by atomic mass is 10.0. The third kappa shape index (κ3) is 2.47. The second kappa shape index (κ2) is 4.59. The largest absolute Gasteiger partial charge is 0.481 e. The van der Waals surface area contributed by atoms with Crippen LogP contribution in [0.4, 0.5) is 0 Å². The van der Waals surface area contributed by atoms with Gasteiger partial charge in [-0.15, -0.1) is 0 Å². The summed E-state index contributed by atoms with van der Waals surface area (Å²) in [4.78, 5) is 10.5. The summed E-state index contributed by atoms with van der Waals surface area (Å²) in [5, 5.41) is 9.76. The van der Waals surface area contributed by atoms with Crippen LogP contribution in [-0.4, -0.2) is 15.6 Å². The van der Waals surface area contributed by atoms with Crippen LogP contribution in [0.25, 0.3) is 10.9 Å². The van der Waals surface area contributed by atoms with Gasteiger partial charge in [-0.25, -0.2) is 0 Å². The molecular formula is C13H16N2O2. The number of hydrogen-bond donors (Lipinski definition) is 2. The Hall–Kier alpha value is -1.81. The summed E-state index contributed by atoms with van der Waals surface area (Å²) in [6, 6.07) is 7.83. The number of rotatable bonds is 4. The Morgan fingerprint density at radius 2 is 2.24 bits per heavy atom. The highest BCUT2D eigenvalue weighted by Gasteiger charge is 2.09. The van der Waals surface area contributed by atoms with Gasteiger partial charge >= 0.3 is 5.97 Å². The van der Waals surface area contributed by atoms with E-state index in [-0.39, 0.29) is 12.5 Å². The molecule has 0 saturated heterocycles. The first kappa shape index (κ1) is 11.7. The molecule has 1 unspecified atom stereocenters. The molecule has 0 radical (unpaired) electrons. The number of aromatic nitrogens is 1. The van der Waals surface area contributed by atoms with E-state index in [1.54, 1.807) is 0 Å². The van der Waals surface area contributed by atoms with Crippen molar-refractivity contribution >= 4 is 16.9 Å². The highest BCUT2D eigenvalue weighted by Crippen LogP contribution is 2.22. The van der Waals surface area contributed by atoms with Crippen molar-refractivity contribution in [3.05, 3.63) is 36.0 Å². The van der Waals surface area contributed by atoms with Crippen LogP contribution in [0.3, 0.4) is 0 Å². The minimum Gasteiger partial charge on any atom is -0.481 e. The number of benzene rings is 1. The molecule has 1 aromatic heterocycles. The van der Waals surface area contributed by atoms with Crippen molar-refractivity contribution in [3.8, 4) is 0 Å². The number of aliphatic carboxylic acids is 1.